The molecule has 0 unspecified atom stereocenters. The minimum absolute atomic E-state index is 0.585. The van der Waals surface area contributed by atoms with Crippen LogP contribution in [0.2, 0.25) is 0 Å². The number of hydrogen-bond acceptors (Lipinski definition) is 2. The number of hydrogen-bond donors (Lipinski definition) is 0. The van der Waals surface area contributed by atoms with Crippen LogP contribution in [-0.4, -0.2) is 27.5 Å². The van der Waals surface area contributed by atoms with Gasteiger partial charge in [0, 0.05) is 24.9 Å². The average Bonchev–Trinajstić information content (AvgIpc) is 2.15. The van der Waals surface area contributed by atoms with Crippen molar-refractivity contribution in [3.05, 3.63) is 30.1 Å². The summed E-state index contributed by atoms with van der Waals surface area (Å²) in [5.41, 5.74) is 1.17. The van der Waals surface area contributed by atoms with Crippen molar-refractivity contribution in [3.8, 4) is 0 Å². The maximum absolute atomic E-state index is 4.28. The number of halogens is 1. The van der Waals surface area contributed by atoms with Gasteiger partial charge in [0.2, 0.25) is 0 Å². The molecule has 1 aromatic heterocycles. The van der Waals surface area contributed by atoms with Crippen LogP contribution in [0.3, 0.4) is 0 Å². The van der Waals surface area contributed by atoms with E-state index in [4.69, 9.17) is 0 Å². The first-order valence-corrected chi connectivity index (χ1v) is 5.69. The first kappa shape index (κ1) is 10.9. The largest absolute Gasteiger partial charge is 0.295 e. The molecule has 0 saturated carbocycles. The van der Waals surface area contributed by atoms with Crippen molar-refractivity contribution >= 4 is 22.6 Å². The van der Waals surface area contributed by atoms with E-state index in [1.165, 1.54) is 5.69 Å². The Hall–Kier alpha value is -0.160. The van der Waals surface area contributed by atoms with Crippen molar-refractivity contribution in [2.75, 3.05) is 13.6 Å². The van der Waals surface area contributed by atoms with E-state index in [1.807, 2.05) is 18.3 Å². The number of pyridine rings is 1. The molecule has 0 aromatic carbocycles. The Bertz CT molecular complexity index is 236. The molecule has 0 aliphatic heterocycles. The van der Waals surface area contributed by atoms with Crippen molar-refractivity contribution in [1.29, 1.82) is 0 Å². The van der Waals surface area contributed by atoms with Crippen LogP contribution >= 0.6 is 22.6 Å². The molecule has 0 aliphatic rings. The summed E-state index contributed by atoms with van der Waals surface area (Å²) >= 11 is 2.42. The summed E-state index contributed by atoms with van der Waals surface area (Å²) in [7, 11) is 2.14. The smallest absolute Gasteiger partial charge is 0.0587 e. The Balaban J connectivity index is 2.35. The van der Waals surface area contributed by atoms with Crippen LogP contribution in [0, 0.1) is 0 Å². The van der Waals surface area contributed by atoms with Crippen molar-refractivity contribution in [2.24, 2.45) is 0 Å². The van der Waals surface area contributed by atoms with E-state index in [1.54, 1.807) is 0 Å². The Kier molecular flexibility index (Phi) is 4.66. The third kappa shape index (κ3) is 4.04. The molecule has 0 fully saturated rings. The minimum atomic E-state index is 0.585. The highest BCUT2D eigenvalue weighted by atomic mass is 127. The van der Waals surface area contributed by atoms with Gasteiger partial charge in [-0.1, -0.05) is 28.7 Å². The van der Waals surface area contributed by atoms with Gasteiger partial charge in [-0.2, -0.15) is 0 Å². The van der Waals surface area contributed by atoms with E-state index in [2.05, 4.69) is 52.5 Å². The minimum Gasteiger partial charge on any atom is -0.295 e. The van der Waals surface area contributed by atoms with Crippen molar-refractivity contribution in [1.82, 2.24) is 9.88 Å². The highest BCUT2D eigenvalue weighted by Crippen LogP contribution is 2.05. The zero-order chi connectivity index (χ0) is 9.68. The molecule has 13 heavy (non-hydrogen) atoms. The molecule has 3 heteroatoms. The molecule has 1 heterocycles. The lowest BCUT2D eigenvalue weighted by Gasteiger charge is -2.18. The average molecular weight is 290 g/mol. The molecule has 1 aromatic rings. The van der Waals surface area contributed by atoms with Gasteiger partial charge in [-0.05, 0) is 26.1 Å². The zero-order valence-corrected chi connectivity index (χ0v) is 10.2. The van der Waals surface area contributed by atoms with Gasteiger partial charge < -0.3 is 0 Å². The molecule has 0 amide bonds. The molecule has 0 N–H and O–H groups in total. The molecule has 1 atom stereocenters. The molecule has 1 rings (SSSR count). The van der Waals surface area contributed by atoms with E-state index < -0.39 is 0 Å². The van der Waals surface area contributed by atoms with E-state index in [0.717, 1.165) is 13.0 Å². The van der Waals surface area contributed by atoms with Gasteiger partial charge in [-0.15, -0.1) is 0 Å². The summed E-state index contributed by atoms with van der Waals surface area (Å²) in [6, 6.07) is 6.07. The summed E-state index contributed by atoms with van der Waals surface area (Å²) < 4.78 is 0.585. The second-order valence-electron chi connectivity index (χ2n) is 3.13. The van der Waals surface area contributed by atoms with Gasteiger partial charge in [-0.25, -0.2) is 0 Å². The van der Waals surface area contributed by atoms with Gasteiger partial charge in [0.25, 0.3) is 0 Å². The monoisotopic (exact) mass is 290 g/mol. The van der Waals surface area contributed by atoms with Crippen LogP contribution in [-0.2, 0) is 6.42 Å². The summed E-state index contributed by atoms with van der Waals surface area (Å²) in [6.07, 6.45) is 2.88. The lowest BCUT2D eigenvalue weighted by molar-refractivity contribution is 0.342. The molecule has 0 spiro atoms. The van der Waals surface area contributed by atoms with Crippen LogP contribution in [0.15, 0.2) is 24.4 Å². The summed E-state index contributed by atoms with van der Waals surface area (Å²) in [5.74, 6) is 0. The van der Waals surface area contributed by atoms with Gasteiger partial charge in [0.1, 0.15) is 0 Å². The highest BCUT2D eigenvalue weighted by Gasteiger charge is 2.04. The predicted octanol–water partition coefficient (Wildman–Crippen LogP) is 2.34. The molecule has 0 aliphatic carbocycles. The molecule has 0 bridgehead atoms. The van der Waals surface area contributed by atoms with Gasteiger partial charge >= 0.3 is 0 Å². The first-order valence-electron chi connectivity index (χ1n) is 4.44. The Morgan fingerprint density at radius 1 is 1.54 bits per heavy atom. The van der Waals surface area contributed by atoms with Crippen molar-refractivity contribution in [2.45, 2.75) is 17.4 Å². The third-order valence-corrected chi connectivity index (χ3v) is 3.01. The highest BCUT2D eigenvalue weighted by molar-refractivity contribution is 14.1. The fourth-order valence-electron chi connectivity index (χ4n) is 1.01. The predicted molar refractivity (Wildman–Crippen MR) is 64.1 cm³/mol. The molecule has 2 nitrogen and oxygen atoms in total. The van der Waals surface area contributed by atoms with Gasteiger partial charge in [0.15, 0.2) is 0 Å². The van der Waals surface area contributed by atoms with Crippen molar-refractivity contribution < 1.29 is 0 Å². The van der Waals surface area contributed by atoms with E-state index in [-0.39, 0.29) is 0 Å². The fraction of sp³-hybridized carbons (Fsp3) is 0.500. The third-order valence-electron chi connectivity index (χ3n) is 2.05. The number of alkyl halides is 1. The first-order chi connectivity index (χ1) is 6.20. The van der Waals surface area contributed by atoms with Gasteiger partial charge in [-0.3, -0.25) is 9.88 Å². The SMILES string of the molecule is C[C@@H](I)N(C)CCc1ccccn1. The molecular formula is C10H15IN2. The Morgan fingerprint density at radius 2 is 2.31 bits per heavy atom. The van der Waals surface area contributed by atoms with E-state index in [0.29, 0.717) is 4.05 Å². The maximum Gasteiger partial charge on any atom is 0.0587 e. The normalized spacial score (nSPS) is 13.2. The number of aromatic nitrogens is 1. The molecule has 0 saturated heterocycles. The van der Waals surface area contributed by atoms with Crippen LogP contribution in [0.1, 0.15) is 12.6 Å². The molecule has 72 valence electrons. The fourth-order valence-corrected chi connectivity index (χ4v) is 1.29. The van der Waals surface area contributed by atoms with Crippen LogP contribution in [0.5, 0.6) is 0 Å². The number of rotatable bonds is 4. The zero-order valence-electron chi connectivity index (χ0n) is 8.07. The van der Waals surface area contributed by atoms with Crippen LogP contribution in [0.25, 0.3) is 0 Å². The summed E-state index contributed by atoms with van der Waals surface area (Å²) in [4.78, 5) is 6.60. The second-order valence-corrected chi connectivity index (χ2v) is 4.93. The lowest BCUT2D eigenvalue weighted by atomic mass is 10.2. The van der Waals surface area contributed by atoms with E-state index in [9.17, 15) is 0 Å². The quantitative estimate of drug-likeness (QED) is 0.481. The second kappa shape index (κ2) is 5.54. The molecule has 0 radical (unpaired) electrons. The Morgan fingerprint density at radius 3 is 2.85 bits per heavy atom. The molecular weight excluding hydrogens is 275 g/mol. The Labute approximate surface area is 93.5 Å². The standard InChI is InChI=1S/C10H15IN2/c1-9(11)13(2)8-6-10-5-3-4-7-12-10/h3-5,7,9H,6,8H2,1-2H3/t9-/m0/s1. The van der Waals surface area contributed by atoms with Crippen molar-refractivity contribution in [3.63, 3.8) is 0 Å². The van der Waals surface area contributed by atoms with Gasteiger partial charge in [0.05, 0.1) is 4.05 Å². The van der Waals surface area contributed by atoms with E-state index >= 15 is 0 Å². The maximum atomic E-state index is 4.28. The number of nitrogens with zero attached hydrogens (tertiary/aromatic N) is 2. The van der Waals surface area contributed by atoms with Crippen LogP contribution in [0.4, 0.5) is 0 Å². The number of likely N-dealkylation sites (N-methyl/N-ethyl adjacent to an activating group) is 1. The lowest BCUT2D eigenvalue weighted by Crippen LogP contribution is -2.26. The van der Waals surface area contributed by atoms with Crippen LogP contribution < -0.4 is 0 Å². The topological polar surface area (TPSA) is 16.1 Å². The summed E-state index contributed by atoms with van der Waals surface area (Å²) in [6.45, 7) is 3.26. The summed E-state index contributed by atoms with van der Waals surface area (Å²) in [5, 5.41) is 0.